The van der Waals surface area contributed by atoms with Crippen molar-refractivity contribution in [2.45, 2.75) is 39.2 Å². The number of nitrogens with zero attached hydrogens (tertiary/aromatic N) is 2. The van der Waals surface area contributed by atoms with E-state index in [4.69, 9.17) is 23.2 Å². The van der Waals surface area contributed by atoms with E-state index in [1.54, 1.807) is 26.0 Å². The Morgan fingerprint density at radius 1 is 1.18 bits per heavy atom. The van der Waals surface area contributed by atoms with Crippen LogP contribution in [0.4, 0.5) is 5.69 Å². The zero-order valence-electron chi connectivity index (χ0n) is 18.9. The van der Waals surface area contributed by atoms with E-state index in [1.807, 2.05) is 35.2 Å². The average molecular weight is 464 g/mol. The van der Waals surface area contributed by atoms with Crippen LogP contribution in [0.25, 0.3) is 0 Å². The number of carbonyl (C=O) groups excluding carboxylic acids is 2. The molecule has 0 spiro atoms. The molecule has 1 saturated heterocycles. The van der Waals surface area contributed by atoms with Crippen LogP contribution in [-0.4, -0.2) is 34.9 Å². The molecule has 2 aromatic rings. The number of hydrogen-bond acceptors (Lipinski definition) is 5. The molecule has 1 fully saturated rings. The second-order valence-corrected chi connectivity index (χ2v) is 8.88. The Morgan fingerprint density at radius 3 is 2.42 bits per heavy atom. The molecule has 0 saturated carbocycles. The molecule has 1 aliphatic heterocycles. The lowest BCUT2D eigenvalue weighted by molar-refractivity contribution is -0.122. The quantitative estimate of drug-likeness (QED) is 0.585. The lowest BCUT2D eigenvalue weighted by atomic mass is 9.89. The number of rotatable bonds is 5. The Bertz CT molecular complexity index is 1070. The monoisotopic (exact) mass is 463 g/mol. The van der Waals surface area contributed by atoms with Crippen LogP contribution in [-0.2, 0) is 11.3 Å². The van der Waals surface area contributed by atoms with Gasteiger partial charge in [0.25, 0.3) is 5.91 Å². The topological polar surface area (TPSA) is 111 Å². The number of nitrogens with one attached hydrogen (secondary N) is 2. The van der Waals surface area contributed by atoms with Crippen LogP contribution in [0.1, 0.15) is 59.7 Å². The summed E-state index contributed by atoms with van der Waals surface area (Å²) in [5.74, 6) is -0.0457. The minimum atomic E-state index is -0.196. The normalized spacial score (nSPS) is 14.0. The average Bonchev–Trinajstić information content (AvgIpc) is 2.83. The molecular weight excluding hydrogens is 434 g/mol. The fraction of sp³-hybridized carbons (Fsp3) is 0.360. The number of thiocarbonyl (C=S) groups is 1. The lowest BCUT2D eigenvalue weighted by Gasteiger charge is -2.32. The molecule has 1 aliphatic rings. The highest BCUT2D eigenvalue weighted by atomic mass is 32.1. The van der Waals surface area contributed by atoms with E-state index in [0.29, 0.717) is 35.8 Å². The number of nitriles is 1. The summed E-state index contributed by atoms with van der Waals surface area (Å²) in [7, 11) is 0. The van der Waals surface area contributed by atoms with Crippen molar-refractivity contribution in [3.63, 3.8) is 0 Å². The van der Waals surface area contributed by atoms with Crippen molar-refractivity contribution in [1.29, 1.82) is 5.26 Å². The van der Waals surface area contributed by atoms with Crippen LogP contribution >= 0.6 is 12.2 Å². The van der Waals surface area contributed by atoms with E-state index in [1.165, 1.54) is 5.56 Å². The first-order chi connectivity index (χ1) is 15.8. The summed E-state index contributed by atoms with van der Waals surface area (Å²) in [5.41, 5.74) is 9.67. The number of likely N-dealkylation sites (tertiary alicyclic amines) is 1. The third-order valence-corrected chi connectivity index (χ3v) is 6.08. The van der Waals surface area contributed by atoms with E-state index in [9.17, 15) is 9.59 Å². The SMILES string of the molecule is CC(C)C(=O)NC(=S)Nc1cc(C(=O)N2CCC(c3ccc(C#N)cc3)CC2)ccc1CN. The van der Waals surface area contributed by atoms with Crippen LogP contribution in [0.5, 0.6) is 0 Å². The fourth-order valence-electron chi connectivity index (χ4n) is 3.84. The number of nitrogens with two attached hydrogens (primary N) is 1. The van der Waals surface area contributed by atoms with Gasteiger partial charge in [-0.05, 0) is 66.4 Å². The summed E-state index contributed by atoms with van der Waals surface area (Å²) >= 11 is 5.25. The van der Waals surface area contributed by atoms with E-state index in [-0.39, 0.29) is 29.4 Å². The van der Waals surface area contributed by atoms with Gasteiger partial charge < -0.3 is 21.3 Å². The lowest BCUT2D eigenvalue weighted by Crippen LogP contribution is -2.38. The van der Waals surface area contributed by atoms with Crippen molar-refractivity contribution in [1.82, 2.24) is 10.2 Å². The highest BCUT2D eigenvalue weighted by molar-refractivity contribution is 7.80. The third kappa shape index (κ3) is 6.15. The Morgan fingerprint density at radius 2 is 1.85 bits per heavy atom. The maximum atomic E-state index is 13.2. The second-order valence-electron chi connectivity index (χ2n) is 8.47. The molecule has 1 heterocycles. The minimum absolute atomic E-state index is 0.0444. The van der Waals surface area contributed by atoms with Crippen molar-refractivity contribution in [3.05, 3.63) is 64.7 Å². The van der Waals surface area contributed by atoms with E-state index in [0.717, 1.165) is 18.4 Å². The molecule has 7 nitrogen and oxygen atoms in total. The van der Waals surface area contributed by atoms with Gasteiger partial charge in [0.15, 0.2) is 5.11 Å². The molecule has 8 heteroatoms. The number of amides is 2. The Kier molecular flexibility index (Phi) is 8.15. The van der Waals surface area contributed by atoms with Crippen LogP contribution in [0, 0.1) is 17.2 Å². The molecule has 0 unspecified atom stereocenters. The first-order valence-corrected chi connectivity index (χ1v) is 11.5. The Hall–Kier alpha value is -3.28. The summed E-state index contributed by atoms with van der Waals surface area (Å²) in [5, 5.41) is 14.8. The van der Waals surface area contributed by atoms with Crippen LogP contribution in [0.2, 0.25) is 0 Å². The molecule has 3 rings (SSSR count). The Balaban J connectivity index is 1.66. The van der Waals surface area contributed by atoms with Gasteiger partial charge in [0.1, 0.15) is 0 Å². The van der Waals surface area contributed by atoms with E-state index in [2.05, 4.69) is 16.7 Å². The number of carbonyl (C=O) groups is 2. The highest BCUT2D eigenvalue weighted by Crippen LogP contribution is 2.29. The van der Waals surface area contributed by atoms with Gasteiger partial charge in [-0.1, -0.05) is 32.0 Å². The van der Waals surface area contributed by atoms with Gasteiger partial charge in [-0.3, -0.25) is 9.59 Å². The fourth-order valence-corrected chi connectivity index (χ4v) is 4.05. The molecule has 172 valence electrons. The summed E-state index contributed by atoms with van der Waals surface area (Å²) in [4.78, 5) is 26.9. The van der Waals surface area contributed by atoms with Crippen LogP contribution < -0.4 is 16.4 Å². The predicted octanol–water partition coefficient (Wildman–Crippen LogP) is 3.51. The van der Waals surface area contributed by atoms with Gasteiger partial charge in [-0.15, -0.1) is 0 Å². The zero-order valence-corrected chi connectivity index (χ0v) is 19.7. The van der Waals surface area contributed by atoms with Crippen molar-refractivity contribution >= 4 is 34.8 Å². The molecule has 2 amide bonds. The number of benzene rings is 2. The van der Waals surface area contributed by atoms with Crippen LogP contribution in [0.3, 0.4) is 0 Å². The molecule has 33 heavy (non-hydrogen) atoms. The second kappa shape index (κ2) is 11.0. The number of piperidine rings is 1. The maximum Gasteiger partial charge on any atom is 0.253 e. The molecule has 0 atom stereocenters. The molecule has 4 N–H and O–H groups in total. The van der Waals surface area contributed by atoms with Crippen molar-refractivity contribution in [2.75, 3.05) is 18.4 Å². The maximum absolute atomic E-state index is 13.2. The third-order valence-electron chi connectivity index (χ3n) is 5.88. The van der Waals surface area contributed by atoms with E-state index < -0.39 is 0 Å². The summed E-state index contributed by atoms with van der Waals surface area (Å²) in [6.07, 6.45) is 1.74. The smallest absolute Gasteiger partial charge is 0.253 e. The van der Waals surface area contributed by atoms with Gasteiger partial charge in [0.2, 0.25) is 5.91 Å². The first-order valence-electron chi connectivity index (χ1n) is 11.1. The first kappa shape index (κ1) is 24.4. The molecule has 0 radical (unpaired) electrons. The molecule has 2 aromatic carbocycles. The molecule has 0 bridgehead atoms. The van der Waals surface area contributed by atoms with Gasteiger partial charge >= 0.3 is 0 Å². The van der Waals surface area contributed by atoms with Crippen molar-refractivity contribution < 1.29 is 9.59 Å². The Labute approximate surface area is 200 Å². The molecular formula is C25H29N5O2S. The van der Waals surface area contributed by atoms with Crippen LogP contribution in [0.15, 0.2) is 42.5 Å². The number of anilines is 1. The van der Waals surface area contributed by atoms with Gasteiger partial charge in [0, 0.05) is 36.8 Å². The van der Waals surface area contributed by atoms with E-state index >= 15 is 0 Å². The summed E-state index contributed by atoms with van der Waals surface area (Å²) < 4.78 is 0. The van der Waals surface area contributed by atoms with Crippen molar-refractivity contribution in [3.8, 4) is 6.07 Å². The summed E-state index contributed by atoms with van der Waals surface area (Å²) in [6.45, 7) is 5.16. The van der Waals surface area contributed by atoms with Gasteiger partial charge in [-0.25, -0.2) is 0 Å². The largest absolute Gasteiger partial charge is 0.339 e. The van der Waals surface area contributed by atoms with Gasteiger partial charge in [-0.2, -0.15) is 5.26 Å². The molecule has 0 aliphatic carbocycles. The summed E-state index contributed by atoms with van der Waals surface area (Å²) in [6, 6.07) is 15.2. The van der Waals surface area contributed by atoms with Crippen molar-refractivity contribution in [2.24, 2.45) is 11.7 Å². The standard InChI is InChI=1S/C25H29N5O2S/c1-16(2)23(31)29-25(33)28-22-13-20(7-8-21(22)15-27)24(32)30-11-9-19(10-12-30)18-5-3-17(14-26)4-6-18/h3-8,13,16,19H,9-12,15,27H2,1-2H3,(H2,28,29,31,33). The highest BCUT2D eigenvalue weighted by Gasteiger charge is 2.25. The predicted molar refractivity (Wildman–Crippen MR) is 133 cm³/mol. The molecule has 0 aromatic heterocycles. The van der Waals surface area contributed by atoms with Gasteiger partial charge in [0.05, 0.1) is 11.6 Å². The minimum Gasteiger partial charge on any atom is -0.339 e. The zero-order chi connectivity index (χ0) is 24.0. The number of hydrogen-bond donors (Lipinski definition) is 3.